The Morgan fingerprint density at radius 2 is 1.89 bits per heavy atom. The summed E-state index contributed by atoms with van der Waals surface area (Å²) in [5.41, 5.74) is 3.43. The van der Waals surface area contributed by atoms with Crippen molar-refractivity contribution >= 4 is 17.4 Å². The van der Waals surface area contributed by atoms with Gasteiger partial charge in [0, 0.05) is 51.9 Å². The number of amides is 1. The third-order valence-electron chi connectivity index (χ3n) is 5.80. The van der Waals surface area contributed by atoms with Gasteiger partial charge in [0.1, 0.15) is 5.82 Å². The number of fused-ring (bicyclic) bond motifs is 1. The minimum atomic E-state index is 0.114. The predicted octanol–water partition coefficient (Wildman–Crippen LogP) is 2.79. The topological polar surface area (TPSA) is 53.4 Å². The number of nitrogens with zero attached hydrogens (tertiary/aromatic N) is 4. The number of rotatable bonds is 4. The molecule has 0 radical (unpaired) electrons. The lowest BCUT2D eigenvalue weighted by Crippen LogP contribution is -2.49. The second-order valence-electron chi connectivity index (χ2n) is 7.35. The lowest BCUT2D eigenvalue weighted by molar-refractivity contribution is 0.0735. The first-order valence-electron chi connectivity index (χ1n) is 10.1. The second-order valence-corrected chi connectivity index (χ2v) is 7.35. The molecule has 0 bridgehead atoms. The number of hydrogen-bond acceptors (Lipinski definition) is 4. The van der Waals surface area contributed by atoms with Gasteiger partial charge in [-0.05, 0) is 30.9 Å². The van der Waals surface area contributed by atoms with Crippen LogP contribution in [0.4, 0.5) is 11.5 Å². The zero-order valence-corrected chi connectivity index (χ0v) is 16.4. The van der Waals surface area contributed by atoms with E-state index in [9.17, 15) is 4.79 Å². The van der Waals surface area contributed by atoms with Crippen LogP contribution in [-0.4, -0.2) is 53.6 Å². The summed E-state index contributed by atoms with van der Waals surface area (Å²) in [7, 11) is 1.85. The molecule has 6 heteroatoms. The Morgan fingerprint density at radius 1 is 1.11 bits per heavy atom. The second kappa shape index (κ2) is 7.62. The van der Waals surface area contributed by atoms with Gasteiger partial charge >= 0.3 is 0 Å². The third-order valence-corrected chi connectivity index (χ3v) is 5.80. The summed E-state index contributed by atoms with van der Waals surface area (Å²) in [6.45, 7) is 6.34. The van der Waals surface area contributed by atoms with Crippen LogP contribution in [0.15, 0.2) is 24.3 Å². The van der Waals surface area contributed by atoms with Gasteiger partial charge in [-0.25, -0.2) is 4.98 Å². The van der Waals surface area contributed by atoms with E-state index in [0.717, 1.165) is 75.7 Å². The molecule has 6 nitrogen and oxygen atoms in total. The lowest BCUT2D eigenvalue weighted by Gasteiger charge is -2.37. The molecule has 0 saturated carbocycles. The molecule has 0 atom stereocenters. The highest BCUT2D eigenvalue weighted by molar-refractivity contribution is 5.97. The lowest BCUT2D eigenvalue weighted by atomic mass is 10.1. The van der Waals surface area contributed by atoms with Gasteiger partial charge in [-0.1, -0.05) is 25.1 Å². The van der Waals surface area contributed by atoms with Crippen LogP contribution in [0.3, 0.4) is 0 Å². The van der Waals surface area contributed by atoms with Crippen LogP contribution in [0.5, 0.6) is 0 Å². The van der Waals surface area contributed by atoms with Crippen LogP contribution in [0, 0.1) is 0 Å². The summed E-state index contributed by atoms with van der Waals surface area (Å²) in [5.74, 6) is 1.89. The van der Waals surface area contributed by atoms with Crippen LogP contribution < -0.4 is 10.2 Å². The summed E-state index contributed by atoms with van der Waals surface area (Å²) >= 11 is 0. The quantitative estimate of drug-likeness (QED) is 0.903. The van der Waals surface area contributed by atoms with E-state index in [1.165, 1.54) is 11.3 Å². The van der Waals surface area contributed by atoms with Gasteiger partial charge in [-0.15, -0.1) is 0 Å². The predicted molar refractivity (Wildman–Crippen MR) is 109 cm³/mol. The van der Waals surface area contributed by atoms with Gasteiger partial charge in [0.15, 0.2) is 11.5 Å². The molecule has 1 N–H and O–H groups in total. The molecule has 144 valence electrons. The number of anilines is 2. The smallest absolute Gasteiger partial charge is 0.274 e. The normalized spacial score (nSPS) is 17.0. The molecule has 1 aromatic carbocycles. The van der Waals surface area contributed by atoms with E-state index in [2.05, 4.69) is 51.0 Å². The highest BCUT2D eigenvalue weighted by Crippen LogP contribution is 2.26. The van der Waals surface area contributed by atoms with Gasteiger partial charge in [-0.3, -0.25) is 4.79 Å². The fourth-order valence-corrected chi connectivity index (χ4v) is 4.29. The number of benzene rings is 1. The Morgan fingerprint density at radius 3 is 2.63 bits per heavy atom. The molecular weight excluding hydrogens is 338 g/mol. The Labute approximate surface area is 161 Å². The van der Waals surface area contributed by atoms with Crippen LogP contribution in [-0.2, 0) is 19.4 Å². The van der Waals surface area contributed by atoms with Crippen molar-refractivity contribution in [2.45, 2.75) is 39.2 Å². The highest BCUT2D eigenvalue weighted by atomic mass is 16.2. The Bertz CT molecular complexity index is 820. The van der Waals surface area contributed by atoms with Crippen LogP contribution >= 0.6 is 0 Å². The zero-order valence-electron chi connectivity index (χ0n) is 16.4. The fraction of sp³-hybridized carbons (Fsp3) is 0.524. The van der Waals surface area contributed by atoms with E-state index >= 15 is 0 Å². The largest absolute Gasteiger partial charge is 0.371 e. The maximum atomic E-state index is 13.3. The van der Waals surface area contributed by atoms with Crippen molar-refractivity contribution in [1.82, 2.24) is 14.5 Å². The van der Waals surface area contributed by atoms with Gasteiger partial charge in [-0.2, -0.15) is 0 Å². The molecule has 1 fully saturated rings. The number of carbonyl (C=O) groups excluding carboxylic acids is 1. The number of aryl methyl sites for hydroxylation is 2. The molecule has 1 amide bonds. The minimum absolute atomic E-state index is 0.114. The first-order valence-corrected chi connectivity index (χ1v) is 10.1. The molecule has 27 heavy (non-hydrogen) atoms. The maximum Gasteiger partial charge on any atom is 0.274 e. The highest BCUT2D eigenvalue weighted by Gasteiger charge is 2.30. The zero-order chi connectivity index (χ0) is 18.8. The molecular formula is C21H29N5O. The average Bonchev–Trinajstić information content (AvgIpc) is 3.12. The number of aromatic nitrogens is 2. The van der Waals surface area contributed by atoms with Gasteiger partial charge in [0.05, 0.1) is 0 Å². The van der Waals surface area contributed by atoms with E-state index in [1.54, 1.807) is 0 Å². The van der Waals surface area contributed by atoms with Crippen molar-refractivity contribution in [2.75, 3.05) is 43.4 Å². The summed E-state index contributed by atoms with van der Waals surface area (Å²) in [6, 6.07) is 8.60. The Hall–Kier alpha value is -2.50. The molecule has 4 rings (SSSR count). The Balaban J connectivity index is 1.50. The van der Waals surface area contributed by atoms with Gasteiger partial charge in [0.2, 0.25) is 0 Å². The fourth-order valence-electron chi connectivity index (χ4n) is 4.29. The van der Waals surface area contributed by atoms with Crippen molar-refractivity contribution in [3.63, 3.8) is 0 Å². The SMILES string of the molecule is CCc1ccccc1N1CCN(C(=O)c2c(NC)nc3n2CCCC3)CC1. The van der Waals surface area contributed by atoms with E-state index in [-0.39, 0.29) is 5.91 Å². The van der Waals surface area contributed by atoms with Crippen LogP contribution in [0.2, 0.25) is 0 Å². The van der Waals surface area contributed by atoms with Gasteiger partial charge in [0.25, 0.3) is 5.91 Å². The number of piperazine rings is 1. The number of imidazole rings is 1. The number of carbonyl (C=O) groups is 1. The third kappa shape index (κ3) is 3.29. The Kier molecular flexibility index (Phi) is 5.05. The summed E-state index contributed by atoms with van der Waals surface area (Å²) in [4.78, 5) is 22.4. The van der Waals surface area contributed by atoms with Crippen LogP contribution in [0.1, 0.15) is 41.6 Å². The molecule has 0 unspecified atom stereocenters. The standard InChI is InChI=1S/C21H29N5O/c1-3-16-8-4-5-9-17(16)24-12-14-25(15-13-24)21(27)19-20(22-2)23-18-10-6-7-11-26(18)19/h4-5,8-9,22H,3,6-7,10-15H2,1-2H3. The van der Waals surface area contributed by atoms with E-state index < -0.39 is 0 Å². The molecule has 0 spiro atoms. The summed E-state index contributed by atoms with van der Waals surface area (Å²) in [6.07, 6.45) is 4.27. The monoisotopic (exact) mass is 367 g/mol. The van der Waals surface area contributed by atoms with Crippen molar-refractivity contribution in [2.24, 2.45) is 0 Å². The average molecular weight is 367 g/mol. The maximum absolute atomic E-state index is 13.3. The first kappa shape index (κ1) is 17.9. The minimum Gasteiger partial charge on any atom is -0.371 e. The first-order chi connectivity index (χ1) is 13.2. The molecule has 0 aliphatic carbocycles. The van der Waals surface area contributed by atoms with Gasteiger partial charge < -0.3 is 19.7 Å². The summed E-state index contributed by atoms with van der Waals surface area (Å²) < 4.78 is 2.14. The van der Waals surface area contributed by atoms with Crippen molar-refractivity contribution in [3.05, 3.63) is 41.3 Å². The molecule has 2 aromatic rings. The molecule has 1 saturated heterocycles. The molecule has 1 aromatic heterocycles. The van der Waals surface area contributed by atoms with Crippen molar-refractivity contribution < 1.29 is 4.79 Å². The molecule has 2 aliphatic heterocycles. The van der Waals surface area contributed by atoms with E-state index in [1.807, 2.05) is 11.9 Å². The van der Waals surface area contributed by atoms with E-state index in [0.29, 0.717) is 0 Å². The number of para-hydroxylation sites is 1. The van der Waals surface area contributed by atoms with Crippen LogP contribution in [0.25, 0.3) is 0 Å². The molecule has 2 aliphatic rings. The number of hydrogen-bond donors (Lipinski definition) is 1. The van der Waals surface area contributed by atoms with Crippen molar-refractivity contribution in [3.8, 4) is 0 Å². The number of nitrogens with one attached hydrogen (secondary N) is 1. The van der Waals surface area contributed by atoms with E-state index in [4.69, 9.17) is 0 Å². The van der Waals surface area contributed by atoms with Crippen molar-refractivity contribution in [1.29, 1.82) is 0 Å². The summed E-state index contributed by atoms with van der Waals surface area (Å²) in [5, 5.41) is 3.13. The molecule has 3 heterocycles.